The van der Waals surface area contributed by atoms with Gasteiger partial charge >= 0.3 is 5.97 Å². The highest BCUT2D eigenvalue weighted by atomic mass is 16.5. The Bertz CT molecular complexity index is 993. The van der Waals surface area contributed by atoms with Crippen molar-refractivity contribution in [3.63, 3.8) is 0 Å². The zero-order valence-electron chi connectivity index (χ0n) is 17.7. The lowest BCUT2D eigenvalue weighted by molar-refractivity contribution is -0.152. The topological polar surface area (TPSA) is 92.8 Å². The van der Waals surface area contributed by atoms with Crippen LogP contribution < -0.4 is 5.32 Å². The number of nitrogens with one attached hydrogen (secondary N) is 1. The zero-order chi connectivity index (χ0) is 22.4. The molecular weight excluding hydrogens is 396 g/mol. The lowest BCUT2D eigenvalue weighted by Gasteiger charge is -2.31. The number of para-hydroxylation sites is 1. The molecule has 1 aliphatic rings. The number of amides is 2. The number of carbonyl (C=O) groups is 4. The summed E-state index contributed by atoms with van der Waals surface area (Å²) in [4.78, 5) is 50.6. The Labute approximate surface area is 181 Å². The van der Waals surface area contributed by atoms with E-state index in [2.05, 4.69) is 5.32 Å². The van der Waals surface area contributed by atoms with Gasteiger partial charge in [-0.15, -0.1) is 0 Å². The monoisotopic (exact) mass is 422 g/mol. The maximum Gasteiger partial charge on any atom is 0.309 e. The predicted molar refractivity (Wildman–Crippen MR) is 116 cm³/mol. The number of aryl methyl sites for hydroxylation is 1. The molecule has 1 saturated heterocycles. The van der Waals surface area contributed by atoms with Crippen molar-refractivity contribution in [2.45, 2.75) is 26.7 Å². The number of hydrogen-bond donors (Lipinski definition) is 1. The minimum absolute atomic E-state index is 0.0339. The molecular formula is C24H26N2O5. The Morgan fingerprint density at radius 2 is 1.58 bits per heavy atom. The third kappa shape index (κ3) is 5.57. The van der Waals surface area contributed by atoms with Gasteiger partial charge in [0.2, 0.25) is 0 Å². The summed E-state index contributed by atoms with van der Waals surface area (Å²) in [5.74, 6) is -1.50. The van der Waals surface area contributed by atoms with Crippen LogP contribution in [0.1, 0.15) is 46.0 Å². The summed E-state index contributed by atoms with van der Waals surface area (Å²) >= 11 is 0. The molecule has 1 N–H and O–H groups in total. The van der Waals surface area contributed by atoms with Gasteiger partial charge in [0, 0.05) is 24.2 Å². The fourth-order valence-corrected chi connectivity index (χ4v) is 3.64. The largest absolute Gasteiger partial charge is 0.455 e. The molecule has 0 unspecified atom stereocenters. The zero-order valence-corrected chi connectivity index (χ0v) is 17.7. The summed E-state index contributed by atoms with van der Waals surface area (Å²) in [6.45, 7) is 3.82. The van der Waals surface area contributed by atoms with Crippen LogP contribution in [0.25, 0.3) is 0 Å². The smallest absolute Gasteiger partial charge is 0.309 e. The molecule has 1 fully saturated rings. The minimum Gasteiger partial charge on any atom is -0.455 e. The van der Waals surface area contributed by atoms with E-state index in [1.54, 1.807) is 35.2 Å². The molecule has 31 heavy (non-hydrogen) atoms. The van der Waals surface area contributed by atoms with E-state index in [0.29, 0.717) is 42.7 Å². The van der Waals surface area contributed by atoms with Crippen molar-refractivity contribution in [3.8, 4) is 0 Å². The van der Waals surface area contributed by atoms with Gasteiger partial charge in [-0.05, 0) is 50.5 Å². The minimum atomic E-state index is -0.505. The number of anilines is 1. The number of benzene rings is 2. The van der Waals surface area contributed by atoms with Gasteiger partial charge in [0.05, 0.1) is 11.6 Å². The Balaban J connectivity index is 1.47. The number of nitrogens with zero attached hydrogens (tertiary/aromatic N) is 1. The maximum atomic E-state index is 12.7. The van der Waals surface area contributed by atoms with Crippen molar-refractivity contribution in [1.29, 1.82) is 0 Å². The van der Waals surface area contributed by atoms with Gasteiger partial charge in [-0.1, -0.05) is 30.3 Å². The number of hydrogen-bond acceptors (Lipinski definition) is 5. The highest BCUT2D eigenvalue weighted by Crippen LogP contribution is 2.21. The van der Waals surface area contributed by atoms with Crippen LogP contribution >= 0.6 is 0 Å². The normalized spacial score (nSPS) is 14.1. The maximum absolute atomic E-state index is 12.7. The summed E-state index contributed by atoms with van der Waals surface area (Å²) in [5.41, 5.74) is 2.38. The second-order valence-corrected chi connectivity index (χ2v) is 7.64. The Morgan fingerprint density at radius 3 is 2.23 bits per heavy atom. The van der Waals surface area contributed by atoms with Crippen LogP contribution in [0.4, 0.5) is 5.69 Å². The first kappa shape index (κ1) is 22.2. The lowest BCUT2D eigenvalue weighted by atomic mass is 9.96. The molecule has 0 atom stereocenters. The van der Waals surface area contributed by atoms with E-state index in [1.165, 1.54) is 6.92 Å². The SMILES string of the molecule is CC(=O)c1ccccc1NC(=O)COC(=O)C1CCN(C(=O)c2ccccc2C)CC1. The van der Waals surface area contributed by atoms with E-state index in [-0.39, 0.29) is 17.6 Å². The van der Waals surface area contributed by atoms with Gasteiger partial charge in [-0.25, -0.2) is 0 Å². The number of piperidine rings is 1. The van der Waals surface area contributed by atoms with E-state index < -0.39 is 18.5 Å². The molecule has 7 heteroatoms. The molecule has 1 heterocycles. The van der Waals surface area contributed by atoms with Crippen LogP contribution in [0.15, 0.2) is 48.5 Å². The van der Waals surface area contributed by atoms with Crippen molar-refractivity contribution in [3.05, 3.63) is 65.2 Å². The molecule has 0 bridgehead atoms. The average molecular weight is 422 g/mol. The molecule has 2 aromatic rings. The van der Waals surface area contributed by atoms with Crippen LogP contribution in [0, 0.1) is 12.8 Å². The van der Waals surface area contributed by atoms with E-state index in [1.807, 2.05) is 25.1 Å². The molecule has 3 rings (SSSR count). The quantitative estimate of drug-likeness (QED) is 0.570. The molecule has 2 aromatic carbocycles. The Morgan fingerprint density at radius 1 is 0.968 bits per heavy atom. The first-order chi connectivity index (χ1) is 14.9. The van der Waals surface area contributed by atoms with E-state index in [4.69, 9.17) is 4.74 Å². The van der Waals surface area contributed by atoms with E-state index in [9.17, 15) is 19.2 Å². The van der Waals surface area contributed by atoms with Gasteiger partial charge in [-0.2, -0.15) is 0 Å². The second-order valence-electron chi connectivity index (χ2n) is 7.64. The molecule has 2 amide bonds. The Kier molecular flexibility index (Phi) is 7.18. The first-order valence-corrected chi connectivity index (χ1v) is 10.3. The van der Waals surface area contributed by atoms with Gasteiger partial charge in [0.25, 0.3) is 11.8 Å². The number of esters is 1. The average Bonchev–Trinajstić information content (AvgIpc) is 2.77. The van der Waals surface area contributed by atoms with Crippen LogP contribution in [-0.2, 0) is 14.3 Å². The predicted octanol–water partition coefficient (Wildman–Crippen LogP) is 3.23. The summed E-state index contributed by atoms with van der Waals surface area (Å²) in [6, 6.07) is 14.1. The van der Waals surface area contributed by atoms with Gasteiger partial charge in [0.15, 0.2) is 12.4 Å². The van der Waals surface area contributed by atoms with Gasteiger partial charge in [-0.3, -0.25) is 19.2 Å². The number of likely N-dealkylation sites (tertiary alicyclic amines) is 1. The summed E-state index contributed by atoms with van der Waals surface area (Å²) in [6.07, 6.45) is 0.983. The summed E-state index contributed by atoms with van der Waals surface area (Å²) < 4.78 is 5.18. The van der Waals surface area contributed by atoms with Crippen LogP contribution in [0.5, 0.6) is 0 Å². The second kappa shape index (κ2) is 10.0. The van der Waals surface area contributed by atoms with Crippen LogP contribution in [0.3, 0.4) is 0 Å². The van der Waals surface area contributed by atoms with Crippen LogP contribution in [0.2, 0.25) is 0 Å². The number of rotatable bonds is 6. The van der Waals surface area contributed by atoms with Crippen LogP contribution in [-0.4, -0.2) is 48.2 Å². The number of carbonyl (C=O) groups excluding carboxylic acids is 4. The van der Waals surface area contributed by atoms with Crippen molar-refractivity contribution < 1.29 is 23.9 Å². The molecule has 0 radical (unpaired) electrons. The molecule has 162 valence electrons. The highest BCUT2D eigenvalue weighted by Gasteiger charge is 2.29. The van der Waals surface area contributed by atoms with Crippen molar-refractivity contribution in [2.24, 2.45) is 5.92 Å². The molecule has 0 spiro atoms. The standard InChI is InChI=1S/C24H26N2O5/c1-16-7-3-4-8-19(16)23(29)26-13-11-18(12-14-26)24(30)31-15-22(28)25-21-10-6-5-9-20(21)17(2)27/h3-10,18H,11-15H2,1-2H3,(H,25,28). The van der Waals surface area contributed by atoms with Crippen molar-refractivity contribution in [2.75, 3.05) is 25.0 Å². The summed E-state index contributed by atoms with van der Waals surface area (Å²) in [5, 5.41) is 2.61. The van der Waals surface area contributed by atoms with Gasteiger partial charge < -0.3 is 15.0 Å². The summed E-state index contributed by atoms with van der Waals surface area (Å²) in [7, 11) is 0. The van der Waals surface area contributed by atoms with Crippen molar-refractivity contribution >= 4 is 29.3 Å². The molecule has 0 aromatic heterocycles. The fourth-order valence-electron chi connectivity index (χ4n) is 3.64. The number of ether oxygens (including phenoxy) is 1. The lowest BCUT2D eigenvalue weighted by Crippen LogP contribution is -2.41. The number of ketones is 1. The molecule has 0 saturated carbocycles. The van der Waals surface area contributed by atoms with E-state index >= 15 is 0 Å². The third-order valence-electron chi connectivity index (χ3n) is 5.42. The van der Waals surface area contributed by atoms with Crippen molar-refractivity contribution in [1.82, 2.24) is 4.90 Å². The van der Waals surface area contributed by atoms with Gasteiger partial charge in [0.1, 0.15) is 0 Å². The molecule has 7 nitrogen and oxygen atoms in total. The molecule has 1 aliphatic heterocycles. The number of Topliss-reactive ketones (excluding diaryl/α,β-unsaturated/α-hetero) is 1. The molecule has 0 aliphatic carbocycles. The Hall–Kier alpha value is -3.48. The fraction of sp³-hybridized carbons (Fsp3) is 0.333. The first-order valence-electron chi connectivity index (χ1n) is 10.3. The highest BCUT2D eigenvalue weighted by molar-refractivity contribution is 6.04. The third-order valence-corrected chi connectivity index (χ3v) is 5.42. The van der Waals surface area contributed by atoms with E-state index in [0.717, 1.165) is 5.56 Å².